The van der Waals surface area contributed by atoms with E-state index in [-0.39, 0.29) is 5.69 Å². The first-order valence-corrected chi connectivity index (χ1v) is 8.58. The molecule has 0 aliphatic carbocycles. The topological polar surface area (TPSA) is 77.1 Å². The van der Waals surface area contributed by atoms with Crippen LogP contribution in [0.3, 0.4) is 0 Å². The molecule has 0 unspecified atom stereocenters. The number of unbranched alkanes of at least 4 members (excludes halogenated alkanes) is 4. The van der Waals surface area contributed by atoms with Crippen LogP contribution >= 0.6 is 0 Å². The van der Waals surface area contributed by atoms with Crippen LogP contribution in [-0.4, -0.2) is 11.5 Å². The van der Waals surface area contributed by atoms with Crippen molar-refractivity contribution in [3.05, 3.63) is 58.6 Å². The fraction of sp³-hybridized carbons (Fsp3) is 0.368. The molecule has 2 aromatic carbocycles. The van der Waals surface area contributed by atoms with Gasteiger partial charge in [0, 0.05) is 12.1 Å². The van der Waals surface area contributed by atoms with Gasteiger partial charge in [-0.15, -0.1) is 0 Å². The first-order valence-electron chi connectivity index (χ1n) is 8.58. The van der Waals surface area contributed by atoms with E-state index in [4.69, 9.17) is 4.74 Å². The molecule has 25 heavy (non-hydrogen) atoms. The van der Waals surface area contributed by atoms with Gasteiger partial charge in [-0.25, -0.2) is 0 Å². The largest absolute Gasteiger partial charge is 0.494 e. The molecule has 6 heteroatoms. The number of azo groups is 1. The van der Waals surface area contributed by atoms with Crippen molar-refractivity contribution in [2.75, 3.05) is 6.61 Å². The Morgan fingerprint density at radius 3 is 2.00 bits per heavy atom. The summed E-state index contributed by atoms with van der Waals surface area (Å²) in [5.41, 5.74) is 1.31. The van der Waals surface area contributed by atoms with Crippen LogP contribution in [0, 0.1) is 10.1 Å². The number of nitro groups is 1. The second-order valence-corrected chi connectivity index (χ2v) is 5.73. The monoisotopic (exact) mass is 341 g/mol. The molecular weight excluding hydrogens is 318 g/mol. The molecule has 0 spiro atoms. The van der Waals surface area contributed by atoms with Crippen molar-refractivity contribution in [3.8, 4) is 5.75 Å². The highest BCUT2D eigenvalue weighted by Crippen LogP contribution is 2.23. The lowest BCUT2D eigenvalue weighted by Crippen LogP contribution is -1.96. The van der Waals surface area contributed by atoms with Gasteiger partial charge < -0.3 is 4.74 Å². The first kappa shape index (κ1) is 18.6. The molecule has 0 aliphatic rings. The van der Waals surface area contributed by atoms with E-state index in [9.17, 15) is 10.1 Å². The molecule has 0 saturated heterocycles. The number of nitro benzene ring substituents is 1. The minimum absolute atomic E-state index is 0.0372. The van der Waals surface area contributed by atoms with Crippen molar-refractivity contribution in [1.82, 2.24) is 0 Å². The Morgan fingerprint density at radius 1 is 0.880 bits per heavy atom. The molecule has 2 rings (SSSR count). The third-order valence-electron chi connectivity index (χ3n) is 3.69. The van der Waals surface area contributed by atoms with Gasteiger partial charge in [0.2, 0.25) is 0 Å². The molecule has 0 N–H and O–H groups in total. The zero-order chi connectivity index (χ0) is 17.9. The Kier molecular flexibility index (Phi) is 7.56. The van der Waals surface area contributed by atoms with Crippen molar-refractivity contribution in [2.24, 2.45) is 10.2 Å². The van der Waals surface area contributed by atoms with E-state index in [1.165, 1.54) is 37.8 Å². The predicted octanol–water partition coefficient (Wildman–Crippen LogP) is 6.36. The minimum Gasteiger partial charge on any atom is -0.494 e. The summed E-state index contributed by atoms with van der Waals surface area (Å²) >= 11 is 0. The summed E-state index contributed by atoms with van der Waals surface area (Å²) in [6.07, 6.45) is 6.07. The van der Waals surface area contributed by atoms with E-state index in [2.05, 4.69) is 17.2 Å². The number of rotatable bonds is 10. The van der Waals surface area contributed by atoms with E-state index in [1.54, 1.807) is 12.1 Å². The SMILES string of the molecule is CCCCCCCOc1ccc(N=Nc2ccc([N+](=O)[O-])cc2)cc1. The van der Waals surface area contributed by atoms with E-state index in [0.717, 1.165) is 18.8 Å². The van der Waals surface area contributed by atoms with Gasteiger partial charge in [-0.1, -0.05) is 32.6 Å². The molecular formula is C19H23N3O3. The van der Waals surface area contributed by atoms with Crippen LogP contribution in [0.25, 0.3) is 0 Å². The lowest BCUT2D eigenvalue weighted by Gasteiger charge is -2.05. The molecule has 0 radical (unpaired) electrons. The maximum atomic E-state index is 10.6. The van der Waals surface area contributed by atoms with Crippen molar-refractivity contribution >= 4 is 17.1 Å². The number of non-ortho nitro benzene ring substituents is 1. The molecule has 0 bridgehead atoms. The lowest BCUT2D eigenvalue weighted by molar-refractivity contribution is -0.384. The number of nitrogens with zero attached hydrogens (tertiary/aromatic N) is 3. The molecule has 0 aromatic heterocycles. The van der Waals surface area contributed by atoms with Crippen molar-refractivity contribution in [3.63, 3.8) is 0 Å². The molecule has 0 heterocycles. The van der Waals surface area contributed by atoms with Crippen LogP contribution in [0.4, 0.5) is 17.1 Å². The van der Waals surface area contributed by atoms with Gasteiger partial charge in [0.15, 0.2) is 0 Å². The summed E-state index contributed by atoms with van der Waals surface area (Å²) in [7, 11) is 0. The molecule has 6 nitrogen and oxygen atoms in total. The highest BCUT2D eigenvalue weighted by Gasteiger charge is 2.03. The van der Waals surface area contributed by atoms with E-state index >= 15 is 0 Å². The van der Waals surface area contributed by atoms with E-state index in [1.807, 2.05) is 24.3 Å². The summed E-state index contributed by atoms with van der Waals surface area (Å²) in [6.45, 7) is 2.93. The van der Waals surface area contributed by atoms with Crippen LogP contribution in [0.5, 0.6) is 5.75 Å². The zero-order valence-electron chi connectivity index (χ0n) is 14.4. The standard InChI is InChI=1S/C19H23N3O3/c1-2-3-4-5-6-15-25-19-13-9-17(10-14-19)21-20-16-7-11-18(12-8-16)22(23)24/h7-14H,2-6,15H2,1H3. The minimum atomic E-state index is -0.441. The van der Waals surface area contributed by atoms with Gasteiger partial charge in [0.25, 0.3) is 5.69 Å². The predicted molar refractivity (Wildman–Crippen MR) is 98.0 cm³/mol. The quantitative estimate of drug-likeness (QED) is 0.218. The third kappa shape index (κ3) is 6.71. The Hall–Kier alpha value is -2.76. The van der Waals surface area contributed by atoms with Crippen LogP contribution in [-0.2, 0) is 0 Å². The highest BCUT2D eigenvalue weighted by atomic mass is 16.6. The van der Waals surface area contributed by atoms with Gasteiger partial charge in [0.05, 0.1) is 22.9 Å². The third-order valence-corrected chi connectivity index (χ3v) is 3.69. The van der Waals surface area contributed by atoms with Crippen molar-refractivity contribution in [1.29, 1.82) is 0 Å². The first-order chi connectivity index (χ1) is 12.2. The molecule has 132 valence electrons. The zero-order valence-corrected chi connectivity index (χ0v) is 14.4. The summed E-state index contributed by atoms with van der Waals surface area (Å²) in [6, 6.07) is 13.4. The molecule has 0 atom stereocenters. The lowest BCUT2D eigenvalue weighted by atomic mass is 10.2. The summed E-state index contributed by atoms with van der Waals surface area (Å²) in [5, 5.41) is 18.8. The average Bonchev–Trinajstić information content (AvgIpc) is 2.64. The van der Waals surface area contributed by atoms with E-state index in [0.29, 0.717) is 11.4 Å². The van der Waals surface area contributed by atoms with Crippen LogP contribution < -0.4 is 4.74 Å². The summed E-state index contributed by atoms with van der Waals surface area (Å²) < 4.78 is 5.70. The van der Waals surface area contributed by atoms with Crippen molar-refractivity contribution < 1.29 is 9.66 Å². The Bertz CT molecular complexity index is 682. The van der Waals surface area contributed by atoms with E-state index < -0.39 is 4.92 Å². The van der Waals surface area contributed by atoms with Gasteiger partial charge in [-0.2, -0.15) is 10.2 Å². The number of hydrogen-bond donors (Lipinski definition) is 0. The number of ether oxygens (including phenoxy) is 1. The van der Waals surface area contributed by atoms with Crippen LogP contribution in [0.15, 0.2) is 58.8 Å². The highest BCUT2D eigenvalue weighted by molar-refractivity contribution is 5.45. The van der Waals surface area contributed by atoms with Gasteiger partial charge in [0.1, 0.15) is 5.75 Å². The Morgan fingerprint density at radius 2 is 1.44 bits per heavy atom. The second-order valence-electron chi connectivity index (χ2n) is 5.73. The van der Waals surface area contributed by atoms with Crippen LogP contribution in [0.1, 0.15) is 39.0 Å². The van der Waals surface area contributed by atoms with Crippen molar-refractivity contribution in [2.45, 2.75) is 39.0 Å². The molecule has 2 aromatic rings. The molecule has 0 aliphatic heterocycles. The van der Waals surface area contributed by atoms with Gasteiger partial charge in [-0.3, -0.25) is 10.1 Å². The fourth-order valence-electron chi connectivity index (χ4n) is 2.26. The number of benzene rings is 2. The fourth-order valence-corrected chi connectivity index (χ4v) is 2.26. The Labute approximate surface area is 147 Å². The summed E-state index contributed by atoms with van der Waals surface area (Å²) in [5.74, 6) is 0.824. The van der Waals surface area contributed by atoms with Gasteiger partial charge >= 0.3 is 0 Å². The summed E-state index contributed by atoms with van der Waals surface area (Å²) in [4.78, 5) is 10.2. The van der Waals surface area contributed by atoms with Gasteiger partial charge in [-0.05, 0) is 42.8 Å². The maximum Gasteiger partial charge on any atom is 0.269 e. The average molecular weight is 341 g/mol. The molecule has 0 amide bonds. The number of hydrogen-bond acceptors (Lipinski definition) is 5. The smallest absolute Gasteiger partial charge is 0.269 e. The normalized spacial score (nSPS) is 10.9. The van der Waals surface area contributed by atoms with Crippen LogP contribution in [0.2, 0.25) is 0 Å². The molecule has 0 saturated carbocycles. The maximum absolute atomic E-state index is 10.6. The Balaban J connectivity index is 1.80. The molecule has 0 fully saturated rings. The second kappa shape index (κ2) is 10.2.